The highest BCUT2D eigenvalue weighted by atomic mass is 16.6. The van der Waals surface area contributed by atoms with E-state index in [0.29, 0.717) is 38.5 Å². The van der Waals surface area contributed by atoms with Crippen LogP contribution in [-0.2, 0) is 23.8 Å². The van der Waals surface area contributed by atoms with Crippen LogP contribution in [0.5, 0.6) is 0 Å². The van der Waals surface area contributed by atoms with Crippen molar-refractivity contribution in [2.24, 2.45) is 0 Å². The van der Waals surface area contributed by atoms with E-state index in [1.807, 2.05) is 0 Å². The predicted molar refractivity (Wildman–Crippen MR) is 70.6 cm³/mol. The van der Waals surface area contributed by atoms with Crippen LogP contribution in [0.3, 0.4) is 0 Å². The number of esters is 1. The van der Waals surface area contributed by atoms with E-state index in [1.165, 1.54) is 6.08 Å². The Hall–Kier alpha value is -1.66. The topological polar surface area (TPSA) is 73.9 Å². The first-order valence-electron chi connectivity index (χ1n) is 5.96. The maximum Gasteiger partial charge on any atom is 0.333 e. The largest absolute Gasteiger partial charge is 0.460 e. The number of ether oxygens (including phenoxy) is 3. The number of hydrogen-bond donors (Lipinski definition) is 1. The van der Waals surface area contributed by atoms with Crippen molar-refractivity contribution in [2.75, 3.05) is 39.6 Å². The van der Waals surface area contributed by atoms with E-state index in [1.54, 1.807) is 6.92 Å². The summed E-state index contributed by atoms with van der Waals surface area (Å²) in [4.78, 5) is 21.8. The van der Waals surface area contributed by atoms with Gasteiger partial charge >= 0.3 is 5.97 Å². The summed E-state index contributed by atoms with van der Waals surface area (Å²) in [5, 5.41) is 2.58. The molecule has 0 saturated carbocycles. The molecule has 0 aliphatic carbocycles. The van der Waals surface area contributed by atoms with E-state index in [0.717, 1.165) is 0 Å². The molecule has 0 unspecified atom stereocenters. The molecule has 0 aliphatic rings. The number of hydrogen-bond acceptors (Lipinski definition) is 5. The molecule has 0 aliphatic heterocycles. The van der Waals surface area contributed by atoms with Crippen LogP contribution >= 0.6 is 0 Å². The highest BCUT2D eigenvalue weighted by Gasteiger charge is 2.01. The van der Waals surface area contributed by atoms with E-state index in [-0.39, 0.29) is 12.5 Å². The Kier molecular flexibility index (Phi) is 10.4. The average molecular weight is 271 g/mol. The average Bonchev–Trinajstić information content (AvgIpc) is 2.39. The van der Waals surface area contributed by atoms with Crippen LogP contribution in [0.2, 0.25) is 0 Å². The Morgan fingerprint density at radius 2 is 1.68 bits per heavy atom. The van der Waals surface area contributed by atoms with E-state index in [2.05, 4.69) is 18.5 Å². The molecule has 0 radical (unpaired) electrons. The summed E-state index contributed by atoms with van der Waals surface area (Å²) >= 11 is 0. The van der Waals surface area contributed by atoms with Crippen molar-refractivity contribution in [1.29, 1.82) is 0 Å². The van der Waals surface area contributed by atoms with Gasteiger partial charge in [-0.25, -0.2) is 4.79 Å². The molecule has 0 bridgehead atoms. The second-order valence-electron chi connectivity index (χ2n) is 3.64. The van der Waals surface area contributed by atoms with Gasteiger partial charge in [-0.05, 0) is 13.0 Å². The number of carbonyl (C=O) groups excluding carboxylic acids is 2. The number of amides is 1. The lowest BCUT2D eigenvalue weighted by Gasteiger charge is -2.07. The predicted octanol–water partition coefficient (Wildman–Crippen LogP) is 0.441. The second-order valence-corrected chi connectivity index (χ2v) is 3.64. The Balaban J connectivity index is 3.19. The molecule has 0 spiro atoms. The first-order chi connectivity index (χ1) is 9.07. The summed E-state index contributed by atoms with van der Waals surface area (Å²) in [6.07, 6.45) is 1.20. The van der Waals surface area contributed by atoms with Crippen molar-refractivity contribution < 1.29 is 23.8 Å². The minimum Gasteiger partial charge on any atom is -0.460 e. The summed E-state index contributed by atoms with van der Waals surface area (Å²) in [7, 11) is 0. The third-order valence-electron chi connectivity index (χ3n) is 1.91. The van der Waals surface area contributed by atoms with Gasteiger partial charge in [-0.2, -0.15) is 0 Å². The Bertz CT molecular complexity index is 314. The minimum atomic E-state index is -0.419. The quantitative estimate of drug-likeness (QED) is 0.335. The smallest absolute Gasteiger partial charge is 0.333 e. The maximum atomic E-state index is 11.0. The van der Waals surface area contributed by atoms with Crippen molar-refractivity contribution in [3.05, 3.63) is 24.8 Å². The highest BCUT2D eigenvalue weighted by Crippen LogP contribution is 1.91. The van der Waals surface area contributed by atoms with Gasteiger partial charge in [-0.15, -0.1) is 0 Å². The van der Waals surface area contributed by atoms with E-state index in [9.17, 15) is 9.59 Å². The zero-order chi connectivity index (χ0) is 14.5. The van der Waals surface area contributed by atoms with Crippen LogP contribution in [0.1, 0.15) is 6.92 Å². The molecular weight excluding hydrogens is 250 g/mol. The van der Waals surface area contributed by atoms with Crippen molar-refractivity contribution in [3.63, 3.8) is 0 Å². The SMILES string of the molecule is C=CC(=O)NCCOCCOCCOC(=O)C(=C)C. The van der Waals surface area contributed by atoms with Crippen LogP contribution < -0.4 is 5.32 Å². The zero-order valence-electron chi connectivity index (χ0n) is 11.3. The first-order valence-corrected chi connectivity index (χ1v) is 5.96. The molecule has 0 saturated heterocycles. The van der Waals surface area contributed by atoms with Crippen LogP contribution in [0.4, 0.5) is 0 Å². The molecule has 1 amide bonds. The molecule has 0 rings (SSSR count). The molecule has 0 atom stereocenters. The van der Waals surface area contributed by atoms with Crippen LogP contribution in [0, 0.1) is 0 Å². The third kappa shape index (κ3) is 11.2. The van der Waals surface area contributed by atoms with Gasteiger partial charge in [0.05, 0.1) is 26.4 Å². The fourth-order valence-corrected chi connectivity index (χ4v) is 0.957. The molecule has 0 aromatic heterocycles. The second kappa shape index (κ2) is 11.4. The number of nitrogens with one attached hydrogen (secondary N) is 1. The molecule has 0 aromatic carbocycles. The van der Waals surface area contributed by atoms with Gasteiger partial charge in [-0.3, -0.25) is 4.79 Å². The van der Waals surface area contributed by atoms with Crippen molar-refractivity contribution in [2.45, 2.75) is 6.92 Å². The van der Waals surface area contributed by atoms with E-state index in [4.69, 9.17) is 14.2 Å². The lowest BCUT2D eigenvalue weighted by Crippen LogP contribution is -2.25. The lowest BCUT2D eigenvalue weighted by atomic mass is 10.4. The fourth-order valence-electron chi connectivity index (χ4n) is 0.957. The van der Waals surface area contributed by atoms with Gasteiger partial charge in [-0.1, -0.05) is 13.2 Å². The molecular formula is C13H21NO5. The molecule has 1 N–H and O–H groups in total. The van der Waals surface area contributed by atoms with Crippen LogP contribution in [0.15, 0.2) is 24.8 Å². The van der Waals surface area contributed by atoms with Crippen LogP contribution in [0.25, 0.3) is 0 Å². The van der Waals surface area contributed by atoms with Gasteiger partial charge in [0.1, 0.15) is 6.61 Å². The number of carbonyl (C=O) groups is 2. The van der Waals surface area contributed by atoms with Gasteiger partial charge in [0.15, 0.2) is 0 Å². The highest BCUT2D eigenvalue weighted by molar-refractivity contribution is 5.87. The lowest BCUT2D eigenvalue weighted by molar-refractivity contribution is -0.140. The summed E-state index contributed by atoms with van der Waals surface area (Å²) < 4.78 is 15.2. The molecule has 108 valence electrons. The molecule has 0 heterocycles. The van der Waals surface area contributed by atoms with Gasteiger partial charge < -0.3 is 19.5 Å². The molecule has 6 nitrogen and oxygen atoms in total. The normalized spacial score (nSPS) is 9.74. The van der Waals surface area contributed by atoms with Crippen molar-refractivity contribution in [3.8, 4) is 0 Å². The molecule has 6 heteroatoms. The minimum absolute atomic E-state index is 0.196. The molecule has 19 heavy (non-hydrogen) atoms. The Morgan fingerprint density at radius 1 is 1.11 bits per heavy atom. The maximum absolute atomic E-state index is 11.0. The number of rotatable bonds is 11. The van der Waals surface area contributed by atoms with Gasteiger partial charge in [0.2, 0.25) is 5.91 Å². The summed E-state index contributed by atoms with van der Waals surface area (Å²) in [6, 6.07) is 0. The zero-order valence-corrected chi connectivity index (χ0v) is 11.3. The summed E-state index contributed by atoms with van der Waals surface area (Å²) in [5.41, 5.74) is 0.366. The Labute approximate surface area is 113 Å². The summed E-state index contributed by atoms with van der Waals surface area (Å²) in [6.45, 7) is 10.5. The van der Waals surface area contributed by atoms with Gasteiger partial charge in [0, 0.05) is 12.1 Å². The van der Waals surface area contributed by atoms with E-state index < -0.39 is 5.97 Å². The molecule has 0 aromatic rings. The van der Waals surface area contributed by atoms with Gasteiger partial charge in [0.25, 0.3) is 0 Å². The third-order valence-corrected chi connectivity index (χ3v) is 1.91. The standard InChI is InChI=1S/C13H21NO5/c1-4-12(15)14-5-6-17-7-8-18-9-10-19-13(16)11(2)3/h4H,1-2,5-10H2,3H3,(H,14,15). The van der Waals surface area contributed by atoms with Crippen LogP contribution in [-0.4, -0.2) is 51.5 Å². The monoisotopic (exact) mass is 271 g/mol. The molecule has 0 fully saturated rings. The first kappa shape index (κ1) is 17.3. The Morgan fingerprint density at radius 3 is 2.26 bits per heavy atom. The summed E-state index contributed by atoms with van der Waals surface area (Å²) in [5.74, 6) is -0.642. The van der Waals surface area contributed by atoms with E-state index >= 15 is 0 Å². The van der Waals surface area contributed by atoms with Crippen molar-refractivity contribution in [1.82, 2.24) is 5.32 Å². The van der Waals surface area contributed by atoms with Crippen molar-refractivity contribution >= 4 is 11.9 Å². The fraction of sp³-hybridized carbons (Fsp3) is 0.538.